The van der Waals surface area contributed by atoms with E-state index in [2.05, 4.69) is 205 Å². The lowest BCUT2D eigenvalue weighted by molar-refractivity contribution is 1.08. The monoisotopic (exact) mass is 808 g/mol. The van der Waals surface area contributed by atoms with Crippen LogP contribution in [0.25, 0.3) is 115 Å². The average Bonchev–Trinajstić information content (AvgIpc) is 3.90. The molecule has 62 heavy (non-hydrogen) atoms. The predicted molar refractivity (Wildman–Crippen MR) is 260 cm³/mol. The zero-order chi connectivity index (χ0) is 41.0. The number of fused-ring (bicyclic) bond motifs is 6. The smallest absolute Gasteiger partial charge is 0.164 e. The van der Waals surface area contributed by atoms with Crippen LogP contribution >= 0.6 is 11.3 Å². The maximum absolute atomic E-state index is 5.31. The molecule has 5 heteroatoms. The maximum Gasteiger partial charge on any atom is 0.164 e. The standard InChI is InChI=1S/C57H36N4S/c1-4-16-37(17-5-1)39-20-12-21-40(34-39)41-32-33-52-49(36-41)46-28-14-27-45(54(46)62-52)42-22-13-23-43(35-42)56-58-55(38-18-6-2-7-19-38)59-57(60-56)48-29-15-31-51-53(48)47-26-10-11-30-50(47)61(51)44-24-8-3-9-25-44/h1-36H. The minimum atomic E-state index is 0.630. The van der Waals surface area contributed by atoms with Crippen LogP contribution in [-0.2, 0) is 0 Å². The fraction of sp³-hybridized carbons (Fsp3) is 0. The molecule has 3 aromatic heterocycles. The van der Waals surface area contributed by atoms with Gasteiger partial charge in [-0.2, -0.15) is 0 Å². The van der Waals surface area contributed by atoms with Gasteiger partial charge in [0.2, 0.25) is 0 Å². The fourth-order valence-electron chi connectivity index (χ4n) is 8.94. The van der Waals surface area contributed by atoms with Gasteiger partial charge in [0.1, 0.15) is 0 Å². The van der Waals surface area contributed by atoms with Gasteiger partial charge >= 0.3 is 0 Å². The number of aromatic nitrogens is 4. The third-order valence-electron chi connectivity index (χ3n) is 11.9. The second-order valence-electron chi connectivity index (χ2n) is 15.6. The third kappa shape index (κ3) is 6.18. The number of thiophene rings is 1. The quantitative estimate of drug-likeness (QED) is 0.161. The Morgan fingerprint density at radius 3 is 1.66 bits per heavy atom. The lowest BCUT2D eigenvalue weighted by Gasteiger charge is -2.11. The van der Waals surface area contributed by atoms with Crippen LogP contribution < -0.4 is 0 Å². The summed E-state index contributed by atoms with van der Waals surface area (Å²) in [5.74, 6) is 1.90. The molecule has 0 saturated heterocycles. The van der Waals surface area contributed by atoms with E-state index in [-0.39, 0.29) is 0 Å². The Morgan fingerprint density at radius 1 is 0.323 bits per heavy atom. The summed E-state index contributed by atoms with van der Waals surface area (Å²) in [5.41, 5.74) is 13.3. The van der Waals surface area contributed by atoms with Crippen molar-refractivity contribution in [3.8, 4) is 73.2 Å². The lowest BCUT2D eigenvalue weighted by Crippen LogP contribution is -2.00. The van der Waals surface area contributed by atoms with Crippen LogP contribution in [-0.4, -0.2) is 19.5 Å². The van der Waals surface area contributed by atoms with Gasteiger partial charge in [0.15, 0.2) is 17.5 Å². The van der Waals surface area contributed by atoms with Crippen molar-refractivity contribution in [2.45, 2.75) is 0 Å². The minimum absolute atomic E-state index is 0.630. The molecule has 0 saturated carbocycles. The van der Waals surface area contributed by atoms with E-state index in [0.717, 1.165) is 49.7 Å². The first-order valence-corrected chi connectivity index (χ1v) is 21.7. The first-order chi connectivity index (χ1) is 30.7. The van der Waals surface area contributed by atoms with Crippen molar-refractivity contribution in [1.82, 2.24) is 19.5 Å². The number of hydrogen-bond donors (Lipinski definition) is 0. The topological polar surface area (TPSA) is 43.6 Å². The van der Waals surface area contributed by atoms with E-state index >= 15 is 0 Å². The Kier molecular flexibility index (Phi) is 8.65. The van der Waals surface area contributed by atoms with Gasteiger partial charge < -0.3 is 4.57 Å². The molecule has 9 aromatic carbocycles. The van der Waals surface area contributed by atoms with Crippen molar-refractivity contribution < 1.29 is 0 Å². The van der Waals surface area contributed by atoms with Gasteiger partial charge in [-0.05, 0) is 81.9 Å². The molecule has 4 nitrogen and oxygen atoms in total. The molecule has 0 aliphatic carbocycles. The Bertz CT molecular complexity index is 3630. The molecule has 12 rings (SSSR count). The van der Waals surface area contributed by atoms with E-state index in [1.807, 2.05) is 29.5 Å². The molecule has 0 amide bonds. The van der Waals surface area contributed by atoms with E-state index in [1.165, 1.54) is 48.0 Å². The zero-order valence-corrected chi connectivity index (χ0v) is 34.3. The second kappa shape index (κ2) is 14.9. The summed E-state index contributed by atoms with van der Waals surface area (Å²) in [7, 11) is 0. The van der Waals surface area contributed by atoms with E-state index in [0.29, 0.717) is 17.5 Å². The van der Waals surface area contributed by atoms with E-state index in [1.54, 1.807) is 0 Å². The van der Waals surface area contributed by atoms with Crippen LogP contribution in [0.3, 0.4) is 0 Å². The molecule has 0 unspecified atom stereocenters. The SMILES string of the molecule is c1ccc(-c2cccc(-c3ccc4sc5c(-c6cccc(-c7nc(-c8ccccc8)nc(-c8cccc9c8c8ccccc8n9-c8ccccc8)n7)c6)cccc5c4c3)c2)cc1. The summed E-state index contributed by atoms with van der Waals surface area (Å²) < 4.78 is 4.86. The number of rotatable bonds is 7. The molecule has 290 valence electrons. The molecule has 0 N–H and O–H groups in total. The van der Waals surface area contributed by atoms with Crippen LogP contribution in [0.15, 0.2) is 218 Å². The van der Waals surface area contributed by atoms with Gasteiger partial charge in [0.25, 0.3) is 0 Å². The Morgan fingerprint density at radius 2 is 0.855 bits per heavy atom. The van der Waals surface area contributed by atoms with Gasteiger partial charge in [0, 0.05) is 53.3 Å². The number of hydrogen-bond acceptors (Lipinski definition) is 4. The Balaban J connectivity index is 0.987. The van der Waals surface area contributed by atoms with Crippen LogP contribution in [0.4, 0.5) is 0 Å². The summed E-state index contributed by atoms with van der Waals surface area (Å²) in [4.78, 5) is 15.7. The molecule has 12 aromatic rings. The van der Waals surface area contributed by atoms with Gasteiger partial charge in [-0.15, -0.1) is 11.3 Å². The second-order valence-corrected chi connectivity index (χ2v) is 16.6. The fourth-order valence-corrected chi connectivity index (χ4v) is 10.2. The summed E-state index contributed by atoms with van der Waals surface area (Å²) in [6.07, 6.45) is 0. The molecule has 0 atom stereocenters. The molecular weight excluding hydrogens is 773 g/mol. The van der Waals surface area contributed by atoms with E-state index < -0.39 is 0 Å². The highest BCUT2D eigenvalue weighted by Gasteiger charge is 2.20. The minimum Gasteiger partial charge on any atom is -0.309 e. The van der Waals surface area contributed by atoms with Crippen LogP contribution in [0.1, 0.15) is 0 Å². The van der Waals surface area contributed by atoms with Crippen molar-refractivity contribution >= 4 is 53.3 Å². The number of benzene rings is 9. The lowest BCUT2D eigenvalue weighted by atomic mass is 9.97. The van der Waals surface area contributed by atoms with Crippen LogP contribution in [0.5, 0.6) is 0 Å². The molecule has 0 aliphatic rings. The molecule has 0 aliphatic heterocycles. The van der Waals surface area contributed by atoms with Crippen molar-refractivity contribution in [3.05, 3.63) is 218 Å². The molecule has 0 fully saturated rings. The first kappa shape index (κ1) is 35.9. The van der Waals surface area contributed by atoms with Gasteiger partial charge in [-0.25, -0.2) is 15.0 Å². The molecule has 0 bridgehead atoms. The van der Waals surface area contributed by atoms with Crippen molar-refractivity contribution in [2.24, 2.45) is 0 Å². The highest BCUT2D eigenvalue weighted by atomic mass is 32.1. The van der Waals surface area contributed by atoms with Gasteiger partial charge in [-0.3, -0.25) is 0 Å². The highest BCUT2D eigenvalue weighted by Crippen LogP contribution is 2.43. The largest absolute Gasteiger partial charge is 0.309 e. The average molecular weight is 809 g/mol. The third-order valence-corrected chi connectivity index (χ3v) is 13.1. The van der Waals surface area contributed by atoms with E-state index in [9.17, 15) is 0 Å². The molecule has 3 heterocycles. The predicted octanol–water partition coefficient (Wildman–Crippen LogP) is 15.3. The molecule has 0 spiro atoms. The molecular formula is C57H36N4S. The zero-order valence-electron chi connectivity index (χ0n) is 33.5. The summed E-state index contributed by atoms with van der Waals surface area (Å²) in [6, 6.07) is 77.4. The Hall–Kier alpha value is -7.99. The number of para-hydroxylation sites is 2. The van der Waals surface area contributed by atoms with Crippen molar-refractivity contribution in [2.75, 3.05) is 0 Å². The van der Waals surface area contributed by atoms with Crippen LogP contribution in [0.2, 0.25) is 0 Å². The summed E-state index contributed by atoms with van der Waals surface area (Å²) in [5, 5.41) is 4.78. The normalized spacial score (nSPS) is 11.5. The number of nitrogens with zero attached hydrogens (tertiary/aromatic N) is 4. The highest BCUT2D eigenvalue weighted by molar-refractivity contribution is 7.26. The Labute approximate surface area is 362 Å². The van der Waals surface area contributed by atoms with Crippen molar-refractivity contribution in [3.63, 3.8) is 0 Å². The van der Waals surface area contributed by atoms with Crippen molar-refractivity contribution in [1.29, 1.82) is 0 Å². The van der Waals surface area contributed by atoms with Gasteiger partial charge in [0.05, 0.1) is 11.0 Å². The molecule has 0 radical (unpaired) electrons. The maximum atomic E-state index is 5.31. The first-order valence-electron chi connectivity index (χ1n) is 20.8. The van der Waals surface area contributed by atoms with Crippen LogP contribution in [0, 0.1) is 0 Å². The van der Waals surface area contributed by atoms with Gasteiger partial charge in [-0.1, -0.05) is 170 Å². The summed E-state index contributed by atoms with van der Waals surface area (Å²) in [6.45, 7) is 0. The summed E-state index contributed by atoms with van der Waals surface area (Å²) >= 11 is 1.85. The van der Waals surface area contributed by atoms with E-state index in [4.69, 9.17) is 15.0 Å².